The van der Waals surface area contributed by atoms with Gasteiger partial charge in [-0.15, -0.1) is 0 Å². The predicted molar refractivity (Wildman–Crippen MR) is 62.5 cm³/mol. The molecule has 0 spiro atoms. The molecule has 0 radical (unpaired) electrons. The molecule has 0 saturated heterocycles. The predicted octanol–water partition coefficient (Wildman–Crippen LogP) is 3.52. The van der Waals surface area contributed by atoms with Crippen LogP contribution >= 0.6 is 11.8 Å². The first-order valence-electron chi connectivity index (χ1n) is 5.00. The van der Waals surface area contributed by atoms with Crippen molar-refractivity contribution in [1.82, 2.24) is 0 Å². The SMILES string of the molecule is CCSCCCNc1cc(F)cc(F)c1. The second-order valence-corrected chi connectivity index (χ2v) is 4.53. The van der Waals surface area contributed by atoms with Crippen molar-refractivity contribution in [2.45, 2.75) is 13.3 Å². The van der Waals surface area contributed by atoms with E-state index in [0.717, 1.165) is 30.5 Å². The van der Waals surface area contributed by atoms with Crippen molar-refractivity contribution in [3.63, 3.8) is 0 Å². The number of halogens is 2. The second-order valence-electron chi connectivity index (χ2n) is 3.14. The summed E-state index contributed by atoms with van der Waals surface area (Å²) in [5.74, 6) is 1.09. The van der Waals surface area contributed by atoms with Crippen LogP contribution in [-0.2, 0) is 0 Å². The van der Waals surface area contributed by atoms with Gasteiger partial charge in [-0.1, -0.05) is 6.92 Å². The lowest BCUT2D eigenvalue weighted by molar-refractivity contribution is 0.584. The Bertz CT molecular complexity index is 284. The summed E-state index contributed by atoms with van der Waals surface area (Å²) in [6, 6.07) is 3.48. The summed E-state index contributed by atoms with van der Waals surface area (Å²) >= 11 is 1.86. The molecule has 1 aromatic carbocycles. The molecule has 15 heavy (non-hydrogen) atoms. The highest BCUT2D eigenvalue weighted by Crippen LogP contribution is 2.12. The molecule has 0 aromatic heterocycles. The maximum atomic E-state index is 12.8. The lowest BCUT2D eigenvalue weighted by Gasteiger charge is -2.06. The minimum Gasteiger partial charge on any atom is -0.385 e. The Balaban J connectivity index is 2.31. The molecule has 0 unspecified atom stereocenters. The molecule has 1 N–H and O–H groups in total. The fourth-order valence-corrected chi connectivity index (χ4v) is 1.84. The zero-order valence-electron chi connectivity index (χ0n) is 8.72. The highest BCUT2D eigenvalue weighted by Gasteiger charge is 1.99. The quantitative estimate of drug-likeness (QED) is 0.752. The molecule has 0 aliphatic heterocycles. The third kappa shape index (κ3) is 5.02. The average Bonchev–Trinajstić information content (AvgIpc) is 2.16. The van der Waals surface area contributed by atoms with Gasteiger partial charge in [0, 0.05) is 18.3 Å². The van der Waals surface area contributed by atoms with Gasteiger partial charge in [-0.25, -0.2) is 8.78 Å². The zero-order valence-corrected chi connectivity index (χ0v) is 9.54. The van der Waals surface area contributed by atoms with Crippen LogP contribution in [-0.4, -0.2) is 18.1 Å². The summed E-state index contributed by atoms with van der Waals surface area (Å²) in [4.78, 5) is 0. The summed E-state index contributed by atoms with van der Waals surface area (Å²) < 4.78 is 25.5. The molecule has 1 rings (SSSR count). The van der Waals surface area contributed by atoms with Gasteiger partial charge in [0.1, 0.15) is 11.6 Å². The molecular formula is C11H15F2NS. The van der Waals surface area contributed by atoms with Crippen LogP contribution in [0.15, 0.2) is 18.2 Å². The van der Waals surface area contributed by atoms with Crippen molar-refractivity contribution in [3.8, 4) is 0 Å². The van der Waals surface area contributed by atoms with E-state index in [1.54, 1.807) is 0 Å². The molecular weight excluding hydrogens is 216 g/mol. The Hall–Kier alpha value is -0.770. The highest BCUT2D eigenvalue weighted by molar-refractivity contribution is 7.99. The maximum absolute atomic E-state index is 12.8. The highest BCUT2D eigenvalue weighted by atomic mass is 32.2. The van der Waals surface area contributed by atoms with Crippen molar-refractivity contribution in [1.29, 1.82) is 0 Å². The van der Waals surface area contributed by atoms with E-state index in [9.17, 15) is 8.78 Å². The first-order chi connectivity index (χ1) is 7.22. The first-order valence-corrected chi connectivity index (χ1v) is 6.15. The van der Waals surface area contributed by atoms with Crippen LogP contribution in [0.25, 0.3) is 0 Å². The molecule has 0 aliphatic carbocycles. The van der Waals surface area contributed by atoms with Gasteiger partial charge in [0.05, 0.1) is 0 Å². The van der Waals surface area contributed by atoms with Gasteiger partial charge < -0.3 is 5.32 Å². The fraction of sp³-hybridized carbons (Fsp3) is 0.455. The van der Waals surface area contributed by atoms with Gasteiger partial charge in [0.25, 0.3) is 0 Å². The number of thioether (sulfide) groups is 1. The Kier molecular flexibility index (Phi) is 5.47. The number of benzene rings is 1. The molecule has 4 heteroatoms. The van der Waals surface area contributed by atoms with Crippen molar-refractivity contribution >= 4 is 17.4 Å². The van der Waals surface area contributed by atoms with Crippen molar-refractivity contribution in [3.05, 3.63) is 29.8 Å². The average molecular weight is 231 g/mol. The minimum absolute atomic E-state index is 0.508. The monoisotopic (exact) mass is 231 g/mol. The van der Waals surface area contributed by atoms with E-state index in [1.807, 2.05) is 11.8 Å². The van der Waals surface area contributed by atoms with E-state index < -0.39 is 11.6 Å². The van der Waals surface area contributed by atoms with Gasteiger partial charge in [-0.3, -0.25) is 0 Å². The molecule has 0 saturated carbocycles. The van der Waals surface area contributed by atoms with Crippen molar-refractivity contribution in [2.75, 3.05) is 23.4 Å². The van der Waals surface area contributed by atoms with Crippen molar-refractivity contribution < 1.29 is 8.78 Å². The van der Waals surface area contributed by atoms with Gasteiger partial charge >= 0.3 is 0 Å². The summed E-state index contributed by atoms with van der Waals surface area (Å²) in [6.45, 7) is 2.86. The van der Waals surface area contributed by atoms with Gasteiger partial charge in [0.15, 0.2) is 0 Å². The molecule has 0 atom stereocenters. The third-order valence-electron chi connectivity index (χ3n) is 1.86. The summed E-state index contributed by atoms with van der Waals surface area (Å²) in [7, 11) is 0. The van der Waals surface area contributed by atoms with E-state index in [1.165, 1.54) is 12.1 Å². The molecule has 0 fully saturated rings. The van der Waals surface area contributed by atoms with Crippen LogP contribution in [0.4, 0.5) is 14.5 Å². The van der Waals surface area contributed by atoms with E-state index in [0.29, 0.717) is 5.69 Å². The summed E-state index contributed by atoms with van der Waals surface area (Å²) in [5.41, 5.74) is 0.508. The normalized spacial score (nSPS) is 10.3. The van der Waals surface area contributed by atoms with E-state index in [4.69, 9.17) is 0 Å². The number of anilines is 1. The summed E-state index contributed by atoms with van der Waals surface area (Å²) in [6.07, 6.45) is 0.997. The Morgan fingerprint density at radius 1 is 1.20 bits per heavy atom. The number of hydrogen-bond acceptors (Lipinski definition) is 2. The lowest BCUT2D eigenvalue weighted by atomic mass is 10.3. The van der Waals surface area contributed by atoms with Gasteiger partial charge in [-0.05, 0) is 30.1 Å². The molecule has 84 valence electrons. The van der Waals surface area contributed by atoms with Crippen LogP contribution in [0.5, 0.6) is 0 Å². The van der Waals surface area contributed by atoms with Crippen LogP contribution in [0.2, 0.25) is 0 Å². The molecule has 1 aromatic rings. The number of nitrogens with one attached hydrogen (secondary N) is 1. The van der Waals surface area contributed by atoms with E-state index in [-0.39, 0.29) is 0 Å². The maximum Gasteiger partial charge on any atom is 0.128 e. The van der Waals surface area contributed by atoms with E-state index in [2.05, 4.69) is 12.2 Å². The van der Waals surface area contributed by atoms with E-state index >= 15 is 0 Å². The van der Waals surface area contributed by atoms with Crippen LogP contribution in [0.1, 0.15) is 13.3 Å². The molecule has 0 heterocycles. The molecule has 0 bridgehead atoms. The largest absolute Gasteiger partial charge is 0.385 e. The number of hydrogen-bond donors (Lipinski definition) is 1. The zero-order chi connectivity index (χ0) is 11.1. The smallest absolute Gasteiger partial charge is 0.128 e. The molecule has 1 nitrogen and oxygen atoms in total. The summed E-state index contributed by atoms with van der Waals surface area (Å²) in [5, 5.41) is 2.99. The second kappa shape index (κ2) is 6.67. The fourth-order valence-electron chi connectivity index (χ4n) is 1.21. The van der Waals surface area contributed by atoms with Gasteiger partial charge in [-0.2, -0.15) is 11.8 Å². The lowest BCUT2D eigenvalue weighted by Crippen LogP contribution is -2.03. The standard InChI is InChI=1S/C11H15F2NS/c1-2-15-5-3-4-14-11-7-9(12)6-10(13)8-11/h6-8,14H,2-5H2,1H3. The van der Waals surface area contributed by atoms with Crippen LogP contribution in [0, 0.1) is 11.6 Å². The van der Waals surface area contributed by atoms with Crippen LogP contribution < -0.4 is 5.32 Å². The third-order valence-corrected chi connectivity index (χ3v) is 2.85. The van der Waals surface area contributed by atoms with Crippen molar-refractivity contribution in [2.24, 2.45) is 0 Å². The molecule has 0 amide bonds. The van der Waals surface area contributed by atoms with Crippen LogP contribution in [0.3, 0.4) is 0 Å². The first kappa shape index (κ1) is 12.3. The number of rotatable bonds is 6. The minimum atomic E-state index is -0.541. The molecule has 0 aliphatic rings. The Morgan fingerprint density at radius 3 is 2.47 bits per heavy atom. The topological polar surface area (TPSA) is 12.0 Å². The van der Waals surface area contributed by atoms with Gasteiger partial charge in [0.2, 0.25) is 0 Å². The Morgan fingerprint density at radius 2 is 1.87 bits per heavy atom. The Labute approximate surface area is 93.3 Å².